The van der Waals surface area contributed by atoms with E-state index in [2.05, 4.69) is 6.92 Å². The van der Waals surface area contributed by atoms with Gasteiger partial charge in [-0.05, 0) is 31.6 Å². The molecule has 2 rings (SSSR count). The molecule has 2 N–H and O–H groups in total. The van der Waals surface area contributed by atoms with Gasteiger partial charge in [0.1, 0.15) is 0 Å². The molecule has 0 radical (unpaired) electrons. The van der Waals surface area contributed by atoms with Crippen molar-refractivity contribution in [2.24, 2.45) is 11.7 Å². The van der Waals surface area contributed by atoms with Crippen molar-refractivity contribution in [3.8, 4) is 0 Å². The topological polar surface area (TPSA) is 66.6 Å². The molecular formula is C12H25N3O2S. The summed E-state index contributed by atoms with van der Waals surface area (Å²) in [5, 5.41) is 0. The second-order valence-electron chi connectivity index (χ2n) is 5.61. The Morgan fingerprint density at radius 2 is 1.94 bits per heavy atom. The van der Waals surface area contributed by atoms with Gasteiger partial charge in [-0.1, -0.05) is 13.3 Å². The molecule has 2 aliphatic heterocycles. The normalized spacial score (nSPS) is 32.6. The van der Waals surface area contributed by atoms with Crippen LogP contribution >= 0.6 is 0 Å². The molecule has 5 nitrogen and oxygen atoms in total. The van der Waals surface area contributed by atoms with Crippen LogP contribution in [0.3, 0.4) is 0 Å². The molecule has 106 valence electrons. The van der Waals surface area contributed by atoms with Gasteiger partial charge in [-0.15, -0.1) is 0 Å². The van der Waals surface area contributed by atoms with Crippen molar-refractivity contribution in [2.75, 3.05) is 26.2 Å². The zero-order valence-corrected chi connectivity index (χ0v) is 12.0. The Balaban J connectivity index is 2.13. The lowest BCUT2D eigenvalue weighted by molar-refractivity contribution is 0.213. The lowest BCUT2D eigenvalue weighted by atomic mass is 10.0. The van der Waals surface area contributed by atoms with E-state index in [9.17, 15) is 8.42 Å². The lowest BCUT2D eigenvalue weighted by Crippen LogP contribution is -2.54. The maximum absolute atomic E-state index is 12.7. The number of hydrogen-bond donors (Lipinski definition) is 1. The van der Waals surface area contributed by atoms with E-state index in [4.69, 9.17) is 5.73 Å². The van der Waals surface area contributed by atoms with E-state index in [0.717, 1.165) is 32.1 Å². The van der Waals surface area contributed by atoms with E-state index in [0.29, 0.717) is 32.1 Å². The van der Waals surface area contributed by atoms with Gasteiger partial charge in [0, 0.05) is 32.2 Å². The molecule has 2 heterocycles. The largest absolute Gasteiger partial charge is 0.329 e. The number of nitrogens with two attached hydrogens (primary N) is 1. The fourth-order valence-corrected chi connectivity index (χ4v) is 5.04. The van der Waals surface area contributed by atoms with Crippen LogP contribution in [-0.2, 0) is 10.2 Å². The van der Waals surface area contributed by atoms with Crippen molar-refractivity contribution < 1.29 is 8.42 Å². The van der Waals surface area contributed by atoms with Crippen LogP contribution < -0.4 is 5.73 Å². The highest BCUT2D eigenvalue weighted by molar-refractivity contribution is 7.86. The quantitative estimate of drug-likeness (QED) is 0.827. The summed E-state index contributed by atoms with van der Waals surface area (Å²) in [7, 11) is -3.29. The van der Waals surface area contributed by atoms with Gasteiger partial charge < -0.3 is 5.73 Å². The lowest BCUT2D eigenvalue weighted by Gasteiger charge is -2.39. The average Bonchev–Trinajstić information content (AvgIpc) is 2.38. The number of piperidine rings is 2. The monoisotopic (exact) mass is 275 g/mol. The number of hydrogen-bond acceptors (Lipinski definition) is 3. The van der Waals surface area contributed by atoms with Crippen LogP contribution in [0, 0.1) is 5.92 Å². The third-order valence-electron chi connectivity index (χ3n) is 4.09. The first kappa shape index (κ1) is 14.2. The third kappa shape index (κ3) is 2.87. The van der Waals surface area contributed by atoms with Crippen molar-refractivity contribution in [1.82, 2.24) is 8.61 Å². The van der Waals surface area contributed by atoms with Gasteiger partial charge in [0.05, 0.1) is 0 Å². The first-order valence-electron chi connectivity index (χ1n) is 7.02. The average molecular weight is 275 g/mol. The molecule has 0 aromatic carbocycles. The van der Waals surface area contributed by atoms with Crippen LogP contribution in [-0.4, -0.2) is 49.2 Å². The van der Waals surface area contributed by atoms with E-state index in [-0.39, 0.29) is 6.04 Å². The third-order valence-corrected chi connectivity index (χ3v) is 6.15. The number of nitrogens with zero attached hydrogens (tertiary/aromatic N) is 2. The second kappa shape index (κ2) is 5.86. The van der Waals surface area contributed by atoms with Gasteiger partial charge >= 0.3 is 0 Å². The van der Waals surface area contributed by atoms with E-state index in [1.54, 1.807) is 8.61 Å². The van der Waals surface area contributed by atoms with E-state index in [1.165, 1.54) is 0 Å². The van der Waals surface area contributed by atoms with Crippen molar-refractivity contribution in [3.63, 3.8) is 0 Å². The van der Waals surface area contributed by atoms with Crippen LogP contribution in [0.2, 0.25) is 0 Å². The minimum absolute atomic E-state index is 0.000910. The molecule has 0 aromatic rings. The fourth-order valence-electron chi connectivity index (χ4n) is 3.02. The molecule has 0 spiro atoms. The van der Waals surface area contributed by atoms with Gasteiger partial charge in [-0.3, -0.25) is 0 Å². The summed E-state index contributed by atoms with van der Waals surface area (Å²) < 4.78 is 28.6. The highest BCUT2D eigenvalue weighted by atomic mass is 32.2. The first-order chi connectivity index (χ1) is 8.55. The van der Waals surface area contributed by atoms with Crippen molar-refractivity contribution in [2.45, 2.75) is 45.1 Å². The summed E-state index contributed by atoms with van der Waals surface area (Å²) in [6.45, 7) is 4.52. The smallest absolute Gasteiger partial charge is 0.282 e. The van der Waals surface area contributed by atoms with Crippen molar-refractivity contribution in [1.29, 1.82) is 0 Å². The predicted octanol–water partition coefficient (Wildman–Crippen LogP) is 0.776. The summed E-state index contributed by atoms with van der Waals surface area (Å²) in [6, 6.07) is 0.000910. The van der Waals surface area contributed by atoms with Crippen LogP contribution in [0.5, 0.6) is 0 Å². The first-order valence-corrected chi connectivity index (χ1v) is 8.42. The summed E-state index contributed by atoms with van der Waals surface area (Å²) in [5.41, 5.74) is 5.72. The molecule has 0 aliphatic carbocycles. The summed E-state index contributed by atoms with van der Waals surface area (Å²) in [6.07, 6.45) is 5.05. The minimum Gasteiger partial charge on any atom is -0.329 e. The molecular weight excluding hydrogens is 250 g/mol. The van der Waals surface area contributed by atoms with Gasteiger partial charge in [0.2, 0.25) is 0 Å². The van der Waals surface area contributed by atoms with Crippen LogP contribution in [0.15, 0.2) is 0 Å². The summed E-state index contributed by atoms with van der Waals surface area (Å²) in [5.74, 6) is 0.467. The van der Waals surface area contributed by atoms with Crippen LogP contribution in [0.4, 0.5) is 0 Å². The predicted molar refractivity (Wildman–Crippen MR) is 72.3 cm³/mol. The molecule has 2 fully saturated rings. The maximum atomic E-state index is 12.7. The van der Waals surface area contributed by atoms with Gasteiger partial charge in [-0.25, -0.2) is 0 Å². The van der Waals surface area contributed by atoms with Crippen molar-refractivity contribution >= 4 is 10.2 Å². The second-order valence-corrected chi connectivity index (χ2v) is 7.49. The Kier molecular flexibility index (Phi) is 4.64. The molecule has 2 atom stereocenters. The molecule has 0 amide bonds. The van der Waals surface area contributed by atoms with E-state index >= 15 is 0 Å². The molecule has 18 heavy (non-hydrogen) atoms. The van der Waals surface area contributed by atoms with Crippen LogP contribution in [0.1, 0.15) is 39.0 Å². The molecule has 2 saturated heterocycles. The zero-order chi connectivity index (χ0) is 13.2. The Morgan fingerprint density at radius 3 is 2.61 bits per heavy atom. The van der Waals surface area contributed by atoms with Crippen LogP contribution in [0.25, 0.3) is 0 Å². The molecule has 0 bridgehead atoms. The molecule has 6 heteroatoms. The van der Waals surface area contributed by atoms with Gasteiger partial charge in [-0.2, -0.15) is 17.0 Å². The molecule has 0 saturated carbocycles. The Hall–Kier alpha value is -0.170. The van der Waals surface area contributed by atoms with Crippen molar-refractivity contribution in [3.05, 3.63) is 0 Å². The molecule has 2 aliphatic rings. The summed E-state index contributed by atoms with van der Waals surface area (Å²) >= 11 is 0. The highest BCUT2D eigenvalue weighted by Crippen LogP contribution is 2.25. The SMILES string of the molecule is C[C@H]1CCCN(S(=O)(=O)N2CCCC[C@H]2CN)C1. The molecule has 0 aromatic heterocycles. The van der Waals surface area contributed by atoms with Gasteiger partial charge in [0.25, 0.3) is 10.2 Å². The standard InChI is InChI=1S/C12H25N3O2S/c1-11-5-4-7-14(10-11)18(16,17)15-8-3-2-6-12(15)9-13/h11-12H,2-10,13H2,1H3/t11-,12-/m0/s1. The minimum atomic E-state index is -3.29. The Morgan fingerprint density at radius 1 is 1.17 bits per heavy atom. The highest BCUT2D eigenvalue weighted by Gasteiger charge is 2.37. The maximum Gasteiger partial charge on any atom is 0.282 e. The Bertz CT molecular complexity index is 372. The van der Waals surface area contributed by atoms with E-state index in [1.807, 2.05) is 0 Å². The fraction of sp³-hybridized carbons (Fsp3) is 1.00. The molecule has 0 unspecified atom stereocenters. The van der Waals surface area contributed by atoms with Gasteiger partial charge in [0.15, 0.2) is 0 Å². The van der Waals surface area contributed by atoms with E-state index < -0.39 is 10.2 Å². The number of rotatable bonds is 3. The Labute approximate surface area is 110 Å². The summed E-state index contributed by atoms with van der Waals surface area (Å²) in [4.78, 5) is 0. The zero-order valence-electron chi connectivity index (χ0n) is 11.2.